The van der Waals surface area contributed by atoms with Crippen molar-refractivity contribution in [1.29, 1.82) is 0 Å². The van der Waals surface area contributed by atoms with Gasteiger partial charge in [0.2, 0.25) is 0 Å². The van der Waals surface area contributed by atoms with Gasteiger partial charge in [-0.15, -0.1) is 11.3 Å². The van der Waals surface area contributed by atoms with Crippen LogP contribution in [0.3, 0.4) is 0 Å². The number of nitrogens with zero attached hydrogens (tertiary/aromatic N) is 1. The Labute approximate surface area is 213 Å². The number of aliphatic hydroxyl groups is 1. The van der Waals surface area contributed by atoms with Crippen LogP contribution in [0.1, 0.15) is 35.9 Å². The van der Waals surface area contributed by atoms with E-state index in [-0.39, 0.29) is 11.3 Å². The zero-order chi connectivity index (χ0) is 25.3. The summed E-state index contributed by atoms with van der Waals surface area (Å²) in [6, 6.07) is 12.9. The number of halogens is 1. The van der Waals surface area contributed by atoms with Crippen LogP contribution in [-0.2, 0) is 9.59 Å². The number of methoxy groups -OCH3 is 1. The van der Waals surface area contributed by atoms with E-state index in [1.54, 1.807) is 42.5 Å². The number of carbonyl (C=O) groups is 2. The number of ketones is 1. The second-order valence-electron chi connectivity index (χ2n) is 8.69. The third-order valence-electron chi connectivity index (χ3n) is 5.70. The zero-order valence-electron chi connectivity index (χ0n) is 19.9. The normalized spacial score (nSPS) is 17.3. The van der Waals surface area contributed by atoms with Crippen molar-refractivity contribution in [2.45, 2.75) is 26.8 Å². The molecule has 1 saturated heterocycles. The first kappa shape index (κ1) is 24.8. The van der Waals surface area contributed by atoms with Crippen LogP contribution in [-0.4, -0.2) is 30.5 Å². The number of ether oxygens (including phenoxy) is 2. The number of amides is 1. The Kier molecular flexibility index (Phi) is 7.19. The Bertz CT molecular complexity index is 1310. The molecule has 182 valence electrons. The molecule has 1 N–H and O–H groups in total. The predicted octanol–water partition coefficient (Wildman–Crippen LogP) is 6.38. The van der Waals surface area contributed by atoms with Crippen molar-refractivity contribution in [1.82, 2.24) is 0 Å². The number of thiophene rings is 1. The molecule has 1 amide bonds. The highest BCUT2D eigenvalue weighted by Crippen LogP contribution is 2.46. The molecule has 1 aromatic heterocycles. The third kappa shape index (κ3) is 4.79. The minimum atomic E-state index is -0.806. The van der Waals surface area contributed by atoms with Gasteiger partial charge in [-0.1, -0.05) is 37.6 Å². The van der Waals surface area contributed by atoms with E-state index in [0.717, 1.165) is 10.4 Å². The number of hydrogen-bond donors (Lipinski definition) is 1. The van der Waals surface area contributed by atoms with Crippen molar-refractivity contribution in [3.63, 3.8) is 0 Å². The van der Waals surface area contributed by atoms with Crippen molar-refractivity contribution in [2.75, 3.05) is 18.6 Å². The van der Waals surface area contributed by atoms with Gasteiger partial charge >= 0.3 is 0 Å². The van der Waals surface area contributed by atoms with Crippen LogP contribution in [0.2, 0.25) is 5.02 Å². The van der Waals surface area contributed by atoms with Gasteiger partial charge in [-0.25, -0.2) is 0 Å². The molecule has 1 aliphatic heterocycles. The molecular weight excluding hydrogens is 486 g/mol. The number of rotatable bonds is 7. The Hall–Kier alpha value is -3.29. The fourth-order valence-corrected chi connectivity index (χ4v) is 5.24. The van der Waals surface area contributed by atoms with Gasteiger partial charge in [-0.2, -0.15) is 0 Å². The maximum atomic E-state index is 13.3. The summed E-state index contributed by atoms with van der Waals surface area (Å²) in [5.41, 5.74) is 1.76. The lowest BCUT2D eigenvalue weighted by atomic mass is 9.98. The first-order chi connectivity index (χ1) is 16.7. The van der Waals surface area contributed by atoms with Gasteiger partial charge in [-0.05, 0) is 60.2 Å². The highest BCUT2D eigenvalue weighted by Gasteiger charge is 2.48. The van der Waals surface area contributed by atoms with E-state index < -0.39 is 17.7 Å². The second-order valence-corrected chi connectivity index (χ2v) is 10.0. The van der Waals surface area contributed by atoms with E-state index in [4.69, 9.17) is 21.1 Å². The monoisotopic (exact) mass is 511 g/mol. The average Bonchev–Trinajstić information content (AvgIpc) is 3.37. The van der Waals surface area contributed by atoms with Crippen molar-refractivity contribution in [2.24, 2.45) is 5.92 Å². The Balaban J connectivity index is 1.86. The maximum absolute atomic E-state index is 13.3. The third-order valence-corrected chi connectivity index (χ3v) is 7.07. The molecule has 2 aromatic carbocycles. The summed E-state index contributed by atoms with van der Waals surface area (Å²) in [5, 5.41) is 13.6. The molecule has 0 saturated carbocycles. The number of aryl methyl sites for hydroxylation is 1. The van der Waals surface area contributed by atoms with Crippen LogP contribution in [0, 0.1) is 12.8 Å². The van der Waals surface area contributed by atoms with Crippen molar-refractivity contribution in [3.8, 4) is 11.5 Å². The van der Waals surface area contributed by atoms with Gasteiger partial charge < -0.3 is 14.6 Å². The number of benzene rings is 2. The lowest BCUT2D eigenvalue weighted by Gasteiger charge is -2.25. The van der Waals surface area contributed by atoms with Gasteiger partial charge in [0, 0.05) is 16.1 Å². The van der Waals surface area contributed by atoms with E-state index in [1.807, 2.05) is 32.2 Å². The summed E-state index contributed by atoms with van der Waals surface area (Å²) in [6.07, 6.45) is 0. The van der Waals surface area contributed by atoms with Gasteiger partial charge in [0.25, 0.3) is 11.7 Å². The molecule has 8 heteroatoms. The number of Topliss-reactive ketones (excluding diaryl/α,β-unsaturated/α-hetero) is 1. The fraction of sp³-hybridized carbons (Fsp3) is 0.259. The van der Waals surface area contributed by atoms with E-state index in [9.17, 15) is 14.7 Å². The van der Waals surface area contributed by atoms with E-state index in [2.05, 4.69) is 0 Å². The Morgan fingerprint density at radius 1 is 1.17 bits per heavy atom. The van der Waals surface area contributed by atoms with Crippen molar-refractivity contribution in [3.05, 3.63) is 80.5 Å². The van der Waals surface area contributed by atoms with Gasteiger partial charge in [0.05, 0.1) is 24.3 Å². The lowest BCUT2D eigenvalue weighted by Crippen LogP contribution is -2.29. The van der Waals surface area contributed by atoms with Crippen molar-refractivity contribution >= 4 is 46.1 Å². The molecule has 0 radical (unpaired) electrons. The van der Waals surface area contributed by atoms with Gasteiger partial charge in [0.1, 0.15) is 23.3 Å². The van der Waals surface area contributed by atoms with Crippen molar-refractivity contribution < 1.29 is 24.2 Å². The van der Waals surface area contributed by atoms with Gasteiger partial charge in [-0.3, -0.25) is 14.5 Å². The summed E-state index contributed by atoms with van der Waals surface area (Å²) < 4.78 is 11.0. The standard InChI is InChI=1S/C27H26ClNO5S/c1-15(2)14-34-19-7-5-6-17(12-19)24(30)22-23(26-16(3)10-11-35-26)29(27(32)25(22)31)18-8-9-21(33-4)20(28)13-18/h5-13,15,23,30H,14H2,1-4H3/b24-22-. The first-order valence-corrected chi connectivity index (χ1v) is 12.4. The highest BCUT2D eigenvalue weighted by molar-refractivity contribution is 7.10. The molecule has 35 heavy (non-hydrogen) atoms. The molecule has 4 rings (SSSR count). The van der Waals surface area contributed by atoms with Crippen LogP contribution in [0.15, 0.2) is 59.5 Å². The smallest absolute Gasteiger partial charge is 0.300 e. The predicted molar refractivity (Wildman–Crippen MR) is 139 cm³/mol. The van der Waals surface area contributed by atoms with Gasteiger partial charge in [0.15, 0.2) is 0 Å². The summed E-state index contributed by atoms with van der Waals surface area (Å²) in [5.74, 6) is -0.399. The topological polar surface area (TPSA) is 76.1 Å². The molecule has 0 spiro atoms. The zero-order valence-corrected chi connectivity index (χ0v) is 21.4. The number of carbonyl (C=O) groups excluding carboxylic acids is 2. The highest BCUT2D eigenvalue weighted by atomic mass is 35.5. The van der Waals surface area contributed by atoms with Crippen LogP contribution in [0.25, 0.3) is 5.76 Å². The maximum Gasteiger partial charge on any atom is 0.300 e. The average molecular weight is 512 g/mol. The molecule has 1 atom stereocenters. The molecule has 1 unspecified atom stereocenters. The molecule has 0 bridgehead atoms. The van der Waals surface area contributed by atoms with E-state index in [0.29, 0.717) is 40.3 Å². The number of hydrogen-bond acceptors (Lipinski definition) is 6. The molecule has 0 aliphatic carbocycles. The summed E-state index contributed by atoms with van der Waals surface area (Å²) >= 11 is 7.76. The molecule has 1 aliphatic rings. The number of anilines is 1. The number of aliphatic hydroxyl groups excluding tert-OH is 1. The summed E-state index contributed by atoms with van der Waals surface area (Å²) in [4.78, 5) is 28.8. The molecule has 2 heterocycles. The molecule has 1 fully saturated rings. The lowest BCUT2D eigenvalue weighted by molar-refractivity contribution is -0.132. The summed E-state index contributed by atoms with van der Waals surface area (Å²) in [7, 11) is 1.50. The minimum absolute atomic E-state index is 0.0218. The molecule has 3 aromatic rings. The van der Waals surface area contributed by atoms with Crippen LogP contribution < -0.4 is 14.4 Å². The summed E-state index contributed by atoms with van der Waals surface area (Å²) in [6.45, 7) is 6.51. The Morgan fingerprint density at radius 2 is 1.94 bits per heavy atom. The second kappa shape index (κ2) is 10.1. The SMILES string of the molecule is COc1ccc(N2C(=O)C(=O)/C(=C(\O)c3cccc(OCC(C)C)c3)C2c2sccc2C)cc1Cl. The first-order valence-electron chi connectivity index (χ1n) is 11.1. The van der Waals surface area contributed by atoms with E-state index >= 15 is 0 Å². The Morgan fingerprint density at radius 3 is 2.57 bits per heavy atom. The quantitative estimate of drug-likeness (QED) is 0.226. The largest absolute Gasteiger partial charge is 0.507 e. The molecule has 6 nitrogen and oxygen atoms in total. The molecular formula is C27H26ClNO5S. The fourth-order valence-electron chi connectivity index (χ4n) is 3.97. The van der Waals surface area contributed by atoms with Crippen LogP contribution in [0.5, 0.6) is 11.5 Å². The van der Waals surface area contributed by atoms with Crippen LogP contribution in [0.4, 0.5) is 5.69 Å². The van der Waals surface area contributed by atoms with Crippen LogP contribution >= 0.6 is 22.9 Å². The van der Waals surface area contributed by atoms with E-state index in [1.165, 1.54) is 23.3 Å². The minimum Gasteiger partial charge on any atom is -0.507 e.